The van der Waals surface area contributed by atoms with Gasteiger partial charge in [-0.05, 0) is 48.0 Å². The highest BCUT2D eigenvalue weighted by atomic mass is 19.4. The quantitative estimate of drug-likeness (QED) is 0.557. The van der Waals surface area contributed by atoms with E-state index in [9.17, 15) is 18.0 Å². The van der Waals surface area contributed by atoms with Crippen LogP contribution in [0.1, 0.15) is 16.8 Å². The third-order valence-electron chi connectivity index (χ3n) is 4.16. The van der Waals surface area contributed by atoms with Crippen LogP contribution in [-0.2, 0) is 17.4 Å². The number of aromatic nitrogens is 1. The SMILES string of the molecule is O=C(O)Cc1cccc(-c2cccc(OCC=Cc3ccc(C(F)(F)F)cc3)c2)n1. The number of ether oxygens (including phenoxy) is 1. The molecule has 1 heterocycles. The van der Waals surface area contributed by atoms with Gasteiger partial charge in [-0.2, -0.15) is 13.2 Å². The third-order valence-corrected chi connectivity index (χ3v) is 4.16. The fourth-order valence-electron chi connectivity index (χ4n) is 2.75. The van der Waals surface area contributed by atoms with Crippen LogP contribution in [0.25, 0.3) is 17.3 Å². The van der Waals surface area contributed by atoms with Gasteiger partial charge in [0.25, 0.3) is 0 Å². The van der Waals surface area contributed by atoms with Crippen LogP contribution < -0.4 is 4.74 Å². The highest BCUT2D eigenvalue weighted by Crippen LogP contribution is 2.29. The molecule has 3 rings (SSSR count). The monoisotopic (exact) mass is 413 g/mol. The van der Waals surface area contributed by atoms with Gasteiger partial charge in [0.05, 0.1) is 23.4 Å². The molecule has 0 spiro atoms. The van der Waals surface area contributed by atoms with E-state index in [2.05, 4.69) is 4.98 Å². The molecule has 4 nitrogen and oxygen atoms in total. The van der Waals surface area contributed by atoms with Crippen LogP contribution in [0.15, 0.2) is 72.8 Å². The zero-order chi connectivity index (χ0) is 21.6. The van der Waals surface area contributed by atoms with Crippen molar-refractivity contribution in [2.24, 2.45) is 0 Å². The molecule has 1 N–H and O–H groups in total. The molecule has 0 unspecified atom stereocenters. The molecule has 0 aliphatic rings. The van der Waals surface area contributed by atoms with Gasteiger partial charge in [-0.25, -0.2) is 0 Å². The molecular formula is C23H18F3NO3. The number of pyridine rings is 1. The standard InChI is InChI=1S/C23H18F3NO3/c24-23(25,26)18-11-9-16(10-12-18)4-3-13-30-20-7-1-5-17(14-20)21-8-2-6-19(27-21)15-22(28)29/h1-12,14H,13,15H2,(H,28,29). The van der Waals surface area contributed by atoms with E-state index in [-0.39, 0.29) is 13.0 Å². The van der Waals surface area contributed by atoms with Crippen LogP contribution in [-0.4, -0.2) is 22.7 Å². The van der Waals surface area contributed by atoms with Gasteiger partial charge in [0.2, 0.25) is 0 Å². The summed E-state index contributed by atoms with van der Waals surface area (Å²) in [5, 5.41) is 8.91. The lowest BCUT2D eigenvalue weighted by atomic mass is 10.1. The minimum absolute atomic E-state index is 0.154. The summed E-state index contributed by atoms with van der Waals surface area (Å²) >= 11 is 0. The molecule has 0 saturated heterocycles. The fourth-order valence-corrected chi connectivity index (χ4v) is 2.75. The van der Waals surface area contributed by atoms with E-state index in [1.54, 1.807) is 48.6 Å². The summed E-state index contributed by atoms with van der Waals surface area (Å²) in [6.45, 7) is 0.233. The number of aliphatic carboxylic acids is 1. The fraction of sp³-hybridized carbons (Fsp3) is 0.130. The number of alkyl halides is 3. The largest absolute Gasteiger partial charge is 0.490 e. The second-order valence-electron chi connectivity index (χ2n) is 6.45. The number of nitrogens with zero attached hydrogens (tertiary/aromatic N) is 1. The van der Waals surface area contributed by atoms with E-state index in [0.29, 0.717) is 22.7 Å². The molecule has 0 aliphatic carbocycles. The molecule has 30 heavy (non-hydrogen) atoms. The Hall–Kier alpha value is -3.61. The van der Waals surface area contributed by atoms with Gasteiger partial charge < -0.3 is 9.84 Å². The molecule has 0 amide bonds. The van der Waals surface area contributed by atoms with Gasteiger partial charge in [0.1, 0.15) is 12.4 Å². The van der Waals surface area contributed by atoms with Gasteiger partial charge in [0, 0.05) is 5.56 Å². The normalized spacial score (nSPS) is 11.6. The van der Waals surface area contributed by atoms with Crippen molar-refractivity contribution < 1.29 is 27.8 Å². The van der Waals surface area contributed by atoms with Gasteiger partial charge >= 0.3 is 12.1 Å². The smallest absolute Gasteiger partial charge is 0.416 e. The molecule has 3 aromatic rings. The zero-order valence-electron chi connectivity index (χ0n) is 15.8. The third kappa shape index (κ3) is 5.94. The molecule has 0 radical (unpaired) electrons. The van der Waals surface area contributed by atoms with Crippen LogP contribution in [0.5, 0.6) is 5.75 Å². The number of hydrogen-bond donors (Lipinski definition) is 1. The predicted octanol–water partition coefficient (Wildman–Crippen LogP) is 5.49. The van der Waals surface area contributed by atoms with Crippen LogP contribution in [0.4, 0.5) is 13.2 Å². The average molecular weight is 413 g/mol. The van der Waals surface area contributed by atoms with E-state index in [1.165, 1.54) is 12.1 Å². The molecule has 0 saturated carbocycles. The number of carboxylic acid groups (broad SMARTS) is 1. The molecule has 0 bridgehead atoms. The Morgan fingerprint density at radius 1 is 1.03 bits per heavy atom. The molecule has 1 aromatic heterocycles. The minimum Gasteiger partial charge on any atom is -0.490 e. The Labute approximate surface area is 171 Å². The zero-order valence-corrected chi connectivity index (χ0v) is 15.8. The maximum absolute atomic E-state index is 12.6. The van der Waals surface area contributed by atoms with E-state index in [1.807, 2.05) is 6.07 Å². The van der Waals surface area contributed by atoms with Crippen molar-refractivity contribution in [2.45, 2.75) is 12.6 Å². The predicted molar refractivity (Wildman–Crippen MR) is 107 cm³/mol. The van der Waals surface area contributed by atoms with E-state index < -0.39 is 17.7 Å². The summed E-state index contributed by atoms with van der Waals surface area (Å²) in [6, 6.07) is 17.3. The van der Waals surface area contributed by atoms with Crippen LogP contribution in [0.3, 0.4) is 0 Å². The van der Waals surface area contributed by atoms with Crippen molar-refractivity contribution in [3.63, 3.8) is 0 Å². The first-order valence-corrected chi connectivity index (χ1v) is 9.06. The second kappa shape index (κ2) is 9.26. The van der Waals surface area contributed by atoms with Gasteiger partial charge in [-0.1, -0.05) is 36.4 Å². The van der Waals surface area contributed by atoms with Gasteiger partial charge in [-0.3, -0.25) is 9.78 Å². The Morgan fingerprint density at radius 2 is 1.77 bits per heavy atom. The first-order chi connectivity index (χ1) is 14.3. The molecule has 0 fully saturated rings. The summed E-state index contributed by atoms with van der Waals surface area (Å²) in [6.07, 6.45) is -1.11. The number of benzene rings is 2. The topological polar surface area (TPSA) is 59.4 Å². The minimum atomic E-state index is -4.35. The van der Waals surface area contributed by atoms with Crippen LogP contribution in [0, 0.1) is 0 Å². The number of halogens is 3. The molecular weight excluding hydrogens is 395 g/mol. The summed E-state index contributed by atoms with van der Waals surface area (Å²) in [7, 11) is 0. The van der Waals surface area contributed by atoms with E-state index >= 15 is 0 Å². The lowest BCUT2D eigenvalue weighted by molar-refractivity contribution is -0.138. The van der Waals surface area contributed by atoms with Crippen molar-refractivity contribution >= 4 is 12.0 Å². The maximum Gasteiger partial charge on any atom is 0.416 e. The van der Waals surface area contributed by atoms with E-state index in [0.717, 1.165) is 17.7 Å². The first-order valence-electron chi connectivity index (χ1n) is 9.06. The molecule has 0 atom stereocenters. The Bertz CT molecular complexity index is 1040. The Morgan fingerprint density at radius 3 is 2.47 bits per heavy atom. The summed E-state index contributed by atoms with van der Waals surface area (Å²) in [5.74, 6) is -0.355. The molecule has 7 heteroatoms. The second-order valence-corrected chi connectivity index (χ2v) is 6.45. The average Bonchev–Trinajstić information content (AvgIpc) is 2.71. The highest BCUT2D eigenvalue weighted by molar-refractivity contribution is 5.70. The summed E-state index contributed by atoms with van der Waals surface area (Å²) < 4.78 is 43.4. The van der Waals surface area contributed by atoms with Gasteiger partial charge in [0.15, 0.2) is 0 Å². The van der Waals surface area contributed by atoms with Gasteiger partial charge in [-0.15, -0.1) is 0 Å². The molecule has 2 aromatic carbocycles. The number of rotatable bonds is 7. The van der Waals surface area contributed by atoms with E-state index in [4.69, 9.17) is 9.84 Å². The summed E-state index contributed by atoms with van der Waals surface area (Å²) in [4.78, 5) is 15.2. The molecule has 154 valence electrons. The summed E-state index contributed by atoms with van der Waals surface area (Å²) in [5.41, 5.74) is 1.84. The Balaban J connectivity index is 1.62. The lowest BCUT2D eigenvalue weighted by Gasteiger charge is -2.07. The first kappa shape index (κ1) is 21.1. The van der Waals surface area contributed by atoms with Crippen LogP contribution in [0.2, 0.25) is 0 Å². The number of carboxylic acids is 1. The van der Waals surface area contributed by atoms with Crippen molar-refractivity contribution in [1.29, 1.82) is 0 Å². The lowest BCUT2D eigenvalue weighted by Crippen LogP contribution is -2.04. The van der Waals surface area contributed by atoms with Crippen molar-refractivity contribution in [3.8, 4) is 17.0 Å². The number of hydrogen-bond acceptors (Lipinski definition) is 3. The highest BCUT2D eigenvalue weighted by Gasteiger charge is 2.29. The van der Waals surface area contributed by atoms with Crippen LogP contribution >= 0.6 is 0 Å². The van der Waals surface area contributed by atoms with Crippen molar-refractivity contribution in [3.05, 3.63) is 89.6 Å². The molecule has 0 aliphatic heterocycles. The Kier molecular flexibility index (Phi) is 6.51. The number of carbonyl (C=O) groups is 1. The van der Waals surface area contributed by atoms with Crippen molar-refractivity contribution in [2.75, 3.05) is 6.61 Å². The maximum atomic E-state index is 12.6. The van der Waals surface area contributed by atoms with Crippen molar-refractivity contribution in [1.82, 2.24) is 4.98 Å².